The zero-order chi connectivity index (χ0) is 13.8. The molecule has 100 valence electrons. The third-order valence-corrected chi connectivity index (χ3v) is 1.90. The molecule has 0 bridgehead atoms. The van der Waals surface area contributed by atoms with Crippen LogP contribution in [0.15, 0.2) is 28.0 Å². The first-order chi connectivity index (χ1) is 8.33. The van der Waals surface area contributed by atoms with Crippen molar-refractivity contribution >= 4 is 11.9 Å². The first kappa shape index (κ1) is 13.9. The number of nitrogens with two attached hydrogens (primary N) is 1. The highest BCUT2D eigenvalue weighted by Crippen LogP contribution is 2.15. The molecular formula is C11H17N3O4. The molecule has 18 heavy (non-hydrogen) atoms. The number of carbonyl (C=O) groups excluding carboxylic acids is 1. The fourth-order valence-electron chi connectivity index (χ4n) is 1.23. The minimum atomic E-state index is -0.875. The Morgan fingerprint density at radius 1 is 1.61 bits per heavy atom. The van der Waals surface area contributed by atoms with E-state index >= 15 is 0 Å². The van der Waals surface area contributed by atoms with Gasteiger partial charge in [0, 0.05) is 0 Å². The lowest BCUT2D eigenvalue weighted by Gasteiger charge is -2.22. The van der Waals surface area contributed by atoms with E-state index in [9.17, 15) is 4.79 Å². The SMILES string of the molecule is CC(C)(C)OC(=O)NC(/C(N)=N/O)c1ccco1. The molecule has 1 aromatic rings. The monoisotopic (exact) mass is 255 g/mol. The van der Waals surface area contributed by atoms with E-state index < -0.39 is 17.7 Å². The highest BCUT2D eigenvalue weighted by molar-refractivity contribution is 5.89. The Kier molecular flexibility index (Phi) is 4.19. The van der Waals surface area contributed by atoms with Gasteiger partial charge in [0.25, 0.3) is 0 Å². The predicted molar refractivity (Wildman–Crippen MR) is 64.2 cm³/mol. The summed E-state index contributed by atoms with van der Waals surface area (Å²) in [4.78, 5) is 11.6. The predicted octanol–water partition coefficient (Wildman–Crippen LogP) is 1.59. The van der Waals surface area contributed by atoms with Gasteiger partial charge in [0.1, 0.15) is 11.4 Å². The number of oxime groups is 1. The minimum absolute atomic E-state index is 0.198. The molecule has 4 N–H and O–H groups in total. The number of nitrogens with zero attached hydrogens (tertiary/aromatic N) is 1. The van der Waals surface area contributed by atoms with Crippen molar-refractivity contribution in [1.82, 2.24) is 5.32 Å². The fraction of sp³-hybridized carbons (Fsp3) is 0.455. The molecule has 1 unspecified atom stereocenters. The largest absolute Gasteiger partial charge is 0.467 e. The van der Waals surface area contributed by atoms with Gasteiger partial charge in [-0.3, -0.25) is 0 Å². The topological polar surface area (TPSA) is 110 Å². The smallest absolute Gasteiger partial charge is 0.408 e. The van der Waals surface area contributed by atoms with Gasteiger partial charge >= 0.3 is 6.09 Å². The second kappa shape index (κ2) is 5.44. The van der Waals surface area contributed by atoms with Gasteiger partial charge in [0.15, 0.2) is 11.9 Å². The summed E-state index contributed by atoms with van der Waals surface area (Å²) < 4.78 is 10.2. The Bertz CT molecular complexity index is 420. The number of nitrogens with one attached hydrogen (secondary N) is 1. The number of hydrogen-bond donors (Lipinski definition) is 3. The zero-order valence-electron chi connectivity index (χ0n) is 10.5. The number of alkyl carbamates (subject to hydrolysis) is 1. The Hall–Kier alpha value is -2.18. The number of hydrogen-bond acceptors (Lipinski definition) is 5. The molecule has 0 radical (unpaired) electrons. The minimum Gasteiger partial charge on any atom is -0.467 e. The summed E-state index contributed by atoms with van der Waals surface area (Å²) in [6.45, 7) is 5.20. The van der Waals surface area contributed by atoms with E-state index in [4.69, 9.17) is 20.1 Å². The van der Waals surface area contributed by atoms with Crippen molar-refractivity contribution in [2.75, 3.05) is 0 Å². The lowest BCUT2D eigenvalue weighted by Crippen LogP contribution is -2.40. The van der Waals surface area contributed by atoms with Gasteiger partial charge in [-0.1, -0.05) is 5.16 Å². The van der Waals surface area contributed by atoms with Crippen LogP contribution in [0.5, 0.6) is 0 Å². The molecule has 7 heteroatoms. The Morgan fingerprint density at radius 3 is 2.72 bits per heavy atom. The molecule has 0 aliphatic heterocycles. The molecule has 0 saturated heterocycles. The Morgan fingerprint density at radius 2 is 2.28 bits per heavy atom. The van der Waals surface area contributed by atoms with Crippen LogP contribution in [-0.2, 0) is 4.74 Å². The maximum absolute atomic E-state index is 11.6. The zero-order valence-corrected chi connectivity index (χ0v) is 10.5. The van der Waals surface area contributed by atoms with Crippen LogP contribution in [0.25, 0.3) is 0 Å². The van der Waals surface area contributed by atoms with Crippen LogP contribution in [0.2, 0.25) is 0 Å². The lowest BCUT2D eigenvalue weighted by atomic mass is 10.2. The maximum Gasteiger partial charge on any atom is 0.408 e. The van der Waals surface area contributed by atoms with Crippen molar-refractivity contribution < 1.29 is 19.2 Å². The average molecular weight is 255 g/mol. The maximum atomic E-state index is 11.6. The first-order valence-corrected chi connectivity index (χ1v) is 5.34. The summed E-state index contributed by atoms with van der Waals surface area (Å²) in [7, 11) is 0. The summed E-state index contributed by atoms with van der Waals surface area (Å²) >= 11 is 0. The molecule has 0 spiro atoms. The van der Waals surface area contributed by atoms with Gasteiger partial charge in [-0.05, 0) is 32.9 Å². The van der Waals surface area contributed by atoms with E-state index in [1.807, 2.05) is 0 Å². The Balaban J connectivity index is 2.78. The normalized spacial score (nSPS) is 14.1. The van der Waals surface area contributed by atoms with Crippen LogP contribution in [0.4, 0.5) is 4.79 Å². The number of carbonyl (C=O) groups is 1. The third kappa shape index (κ3) is 4.00. The van der Waals surface area contributed by atoms with Gasteiger partial charge in [0.05, 0.1) is 6.26 Å². The van der Waals surface area contributed by atoms with Crippen LogP contribution in [0, 0.1) is 0 Å². The van der Waals surface area contributed by atoms with Gasteiger partial charge < -0.3 is 25.4 Å². The quantitative estimate of drug-likeness (QED) is 0.329. The van der Waals surface area contributed by atoms with Gasteiger partial charge in [-0.15, -0.1) is 0 Å². The first-order valence-electron chi connectivity index (χ1n) is 5.34. The molecule has 0 fully saturated rings. The number of amides is 1. The standard InChI is InChI=1S/C11H17N3O4/c1-11(2,3)18-10(15)13-8(9(12)14-16)7-5-4-6-17-7/h4-6,8,16H,1-3H3,(H2,12,14)(H,13,15). The molecular weight excluding hydrogens is 238 g/mol. The van der Waals surface area contributed by atoms with Crippen molar-refractivity contribution in [3.63, 3.8) is 0 Å². The van der Waals surface area contributed by atoms with E-state index in [2.05, 4.69) is 10.5 Å². The van der Waals surface area contributed by atoms with E-state index in [1.165, 1.54) is 6.26 Å². The van der Waals surface area contributed by atoms with Crippen LogP contribution >= 0.6 is 0 Å². The van der Waals surface area contributed by atoms with Crippen LogP contribution < -0.4 is 11.1 Å². The van der Waals surface area contributed by atoms with Crippen molar-refractivity contribution in [1.29, 1.82) is 0 Å². The number of amidine groups is 1. The second-order valence-electron chi connectivity index (χ2n) is 4.62. The third-order valence-electron chi connectivity index (χ3n) is 1.90. The van der Waals surface area contributed by atoms with E-state index in [1.54, 1.807) is 32.9 Å². The molecule has 0 saturated carbocycles. The fourth-order valence-corrected chi connectivity index (χ4v) is 1.23. The molecule has 1 aromatic heterocycles. The van der Waals surface area contributed by atoms with Crippen molar-refractivity contribution in [2.24, 2.45) is 10.9 Å². The molecule has 1 heterocycles. The van der Waals surface area contributed by atoms with E-state index in [0.717, 1.165) is 0 Å². The summed E-state index contributed by atoms with van der Waals surface area (Å²) in [6, 6.07) is 2.35. The van der Waals surface area contributed by atoms with Crippen LogP contribution in [0.3, 0.4) is 0 Å². The molecule has 0 aliphatic rings. The van der Waals surface area contributed by atoms with E-state index in [0.29, 0.717) is 5.76 Å². The molecule has 1 rings (SSSR count). The summed E-state index contributed by atoms with van der Waals surface area (Å²) in [6.07, 6.45) is 0.736. The van der Waals surface area contributed by atoms with Crippen LogP contribution in [0.1, 0.15) is 32.6 Å². The number of ether oxygens (including phenoxy) is 1. The van der Waals surface area contributed by atoms with E-state index in [-0.39, 0.29) is 5.84 Å². The van der Waals surface area contributed by atoms with Gasteiger partial charge in [0.2, 0.25) is 0 Å². The van der Waals surface area contributed by atoms with Crippen LogP contribution in [-0.4, -0.2) is 22.7 Å². The number of rotatable bonds is 3. The molecule has 1 amide bonds. The summed E-state index contributed by atoms with van der Waals surface area (Å²) in [5, 5.41) is 14.0. The van der Waals surface area contributed by atoms with Gasteiger partial charge in [-0.25, -0.2) is 4.79 Å². The second-order valence-corrected chi connectivity index (χ2v) is 4.62. The molecule has 0 aliphatic carbocycles. The molecule has 7 nitrogen and oxygen atoms in total. The molecule has 1 atom stereocenters. The van der Waals surface area contributed by atoms with Crippen molar-refractivity contribution in [2.45, 2.75) is 32.4 Å². The summed E-state index contributed by atoms with van der Waals surface area (Å²) in [5.74, 6) is 0.145. The number of furan rings is 1. The molecule has 0 aromatic carbocycles. The Labute approximate surface area is 105 Å². The average Bonchev–Trinajstić information content (AvgIpc) is 2.75. The summed E-state index contributed by atoms with van der Waals surface area (Å²) in [5.41, 5.74) is 4.85. The highest BCUT2D eigenvalue weighted by Gasteiger charge is 2.25. The van der Waals surface area contributed by atoms with Crippen molar-refractivity contribution in [3.8, 4) is 0 Å². The lowest BCUT2D eigenvalue weighted by molar-refractivity contribution is 0.0512. The highest BCUT2D eigenvalue weighted by atomic mass is 16.6. The van der Waals surface area contributed by atoms with Gasteiger partial charge in [-0.2, -0.15) is 0 Å². The van der Waals surface area contributed by atoms with Crippen molar-refractivity contribution in [3.05, 3.63) is 24.2 Å².